The quantitative estimate of drug-likeness (QED) is 0.877. The molecule has 1 rings (SSSR count). The number of rotatable bonds is 5. The molecule has 0 saturated carbocycles. The lowest BCUT2D eigenvalue weighted by Crippen LogP contribution is -2.40. The van der Waals surface area contributed by atoms with Gasteiger partial charge in [-0.3, -0.25) is 4.79 Å². The summed E-state index contributed by atoms with van der Waals surface area (Å²) in [6, 6.07) is 5.55. The fourth-order valence-corrected chi connectivity index (χ4v) is 2.26. The molecule has 0 radical (unpaired) electrons. The number of carbonyl (C=O) groups is 1. The molecule has 1 aromatic rings. The molecule has 0 aromatic heterocycles. The Morgan fingerprint density at radius 1 is 1.50 bits per heavy atom. The second kappa shape index (κ2) is 6.34. The number of benzene rings is 1. The van der Waals surface area contributed by atoms with Crippen LogP contribution in [0.5, 0.6) is 0 Å². The standard InChI is InChI=1S/C14H20BrNO2/c1-4-8-14(3,18)9-16-13(17)11-7-5-6-10(2)12(11)15/h5-7,18H,4,8-9H2,1-3H3,(H,16,17). The molecule has 1 aromatic carbocycles. The van der Waals surface area contributed by atoms with E-state index in [2.05, 4.69) is 21.2 Å². The molecule has 0 bridgehead atoms. The molecule has 3 nitrogen and oxygen atoms in total. The van der Waals surface area contributed by atoms with Gasteiger partial charge >= 0.3 is 0 Å². The van der Waals surface area contributed by atoms with Crippen LogP contribution in [0.25, 0.3) is 0 Å². The van der Waals surface area contributed by atoms with Gasteiger partial charge in [-0.25, -0.2) is 0 Å². The van der Waals surface area contributed by atoms with Crippen LogP contribution in [0.15, 0.2) is 22.7 Å². The minimum Gasteiger partial charge on any atom is -0.388 e. The van der Waals surface area contributed by atoms with Gasteiger partial charge in [0.05, 0.1) is 11.2 Å². The molecule has 100 valence electrons. The second-order valence-electron chi connectivity index (χ2n) is 4.87. The number of hydrogen-bond donors (Lipinski definition) is 2. The molecular weight excluding hydrogens is 294 g/mol. The third kappa shape index (κ3) is 4.10. The zero-order chi connectivity index (χ0) is 13.8. The van der Waals surface area contributed by atoms with Gasteiger partial charge in [0, 0.05) is 11.0 Å². The fourth-order valence-electron chi connectivity index (χ4n) is 1.82. The van der Waals surface area contributed by atoms with Gasteiger partial charge in [-0.2, -0.15) is 0 Å². The SMILES string of the molecule is CCCC(C)(O)CNC(=O)c1cccc(C)c1Br. The lowest BCUT2D eigenvalue weighted by atomic mass is 10.0. The first-order chi connectivity index (χ1) is 8.37. The fraction of sp³-hybridized carbons (Fsp3) is 0.500. The Bertz CT molecular complexity index is 430. The van der Waals surface area contributed by atoms with E-state index < -0.39 is 5.60 Å². The molecule has 0 aliphatic carbocycles. The normalized spacial score (nSPS) is 14.1. The predicted molar refractivity (Wildman–Crippen MR) is 76.7 cm³/mol. The van der Waals surface area contributed by atoms with Crippen molar-refractivity contribution in [2.75, 3.05) is 6.54 Å². The molecule has 1 amide bonds. The van der Waals surface area contributed by atoms with E-state index in [1.165, 1.54) is 0 Å². The highest BCUT2D eigenvalue weighted by Gasteiger charge is 2.21. The number of amides is 1. The van der Waals surface area contributed by atoms with Crippen molar-refractivity contribution >= 4 is 21.8 Å². The first-order valence-electron chi connectivity index (χ1n) is 6.13. The van der Waals surface area contributed by atoms with E-state index in [0.717, 1.165) is 16.5 Å². The van der Waals surface area contributed by atoms with E-state index >= 15 is 0 Å². The van der Waals surface area contributed by atoms with Crippen molar-refractivity contribution in [1.82, 2.24) is 5.32 Å². The molecule has 0 heterocycles. The van der Waals surface area contributed by atoms with Gasteiger partial charge in [-0.05, 0) is 47.8 Å². The number of hydrogen-bond acceptors (Lipinski definition) is 2. The maximum Gasteiger partial charge on any atom is 0.252 e. The average Bonchev–Trinajstić information content (AvgIpc) is 2.30. The van der Waals surface area contributed by atoms with Crippen molar-refractivity contribution in [3.8, 4) is 0 Å². The lowest BCUT2D eigenvalue weighted by Gasteiger charge is -2.23. The summed E-state index contributed by atoms with van der Waals surface area (Å²) in [5, 5.41) is 12.8. The molecule has 0 aliphatic rings. The molecule has 1 unspecified atom stereocenters. The first-order valence-corrected chi connectivity index (χ1v) is 6.92. The summed E-state index contributed by atoms with van der Waals surface area (Å²) in [6.07, 6.45) is 1.55. The van der Waals surface area contributed by atoms with E-state index in [1.54, 1.807) is 13.0 Å². The third-order valence-electron chi connectivity index (χ3n) is 2.85. The Morgan fingerprint density at radius 2 is 2.17 bits per heavy atom. The van der Waals surface area contributed by atoms with E-state index in [1.807, 2.05) is 26.0 Å². The van der Waals surface area contributed by atoms with Crippen molar-refractivity contribution in [3.63, 3.8) is 0 Å². The molecular formula is C14H20BrNO2. The summed E-state index contributed by atoms with van der Waals surface area (Å²) in [5.74, 6) is -0.165. The molecule has 0 aliphatic heterocycles. The van der Waals surface area contributed by atoms with Gasteiger partial charge in [0.15, 0.2) is 0 Å². The zero-order valence-electron chi connectivity index (χ0n) is 11.1. The van der Waals surface area contributed by atoms with Crippen LogP contribution in [-0.2, 0) is 0 Å². The second-order valence-corrected chi connectivity index (χ2v) is 5.66. The smallest absolute Gasteiger partial charge is 0.252 e. The molecule has 18 heavy (non-hydrogen) atoms. The number of carbonyl (C=O) groups excluding carboxylic acids is 1. The van der Waals surface area contributed by atoms with Crippen molar-refractivity contribution in [2.45, 2.75) is 39.2 Å². The maximum absolute atomic E-state index is 12.0. The summed E-state index contributed by atoms with van der Waals surface area (Å²) in [5.41, 5.74) is 0.769. The Hall–Kier alpha value is -0.870. The highest BCUT2D eigenvalue weighted by molar-refractivity contribution is 9.10. The maximum atomic E-state index is 12.0. The van der Waals surface area contributed by atoms with E-state index in [9.17, 15) is 9.90 Å². The molecule has 2 N–H and O–H groups in total. The summed E-state index contributed by atoms with van der Waals surface area (Å²) in [4.78, 5) is 12.0. The number of nitrogens with one attached hydrogen (secondary N) is 1. The molecule has 0 fully saturated rings. The van der Waals surface area contributed by atoms with Crippen LogP contribution < -0.4 is 5.32 Å². The van der Waals surface area contributed by atoms with Crippen molar-refractivity contribution < 1.29 is 9.90 Å². The number of aryl methyl sites for hydroxylation is 1. The number of halogens is 1. The minimum absolute atomic E-state index is 0.165. The predicted octanol–water partition coefficient (Wildman–Crippen LogP) is 3.04. The number of aliphatic hydroxyl groups is 1. The van der Waals surface area contributed by atoms with Crippen LogP contribution in [0, 0.1) is 6.92 Å². The first kappa shape index (κ1) is 15.2. The summed E-state index contributed by atoms with van der Waals surface area (Å²) in [6.45, 7) is 5.95. The average molecular weight is 314 g/mol. The van der Waals surface area contributed by atoms with Gasteiger partial charge in [0.2, 0.25) is 0 Å². The Morgan fingerprint density at radius 3 is 2.78 bits per heavy atom. The van der Waals surface area contributed by atoms with Gasteiger partial charge in [0.1, 0.15) is 0 Å². The highest BCUT2D eigenvalue weighted by atomic mass is 79.9. The molecule has 0 saturated heterocycles. The van der Waals surface area contributed by atoms with Gasteiger partial charge in [-0.15, -0.1) is 0 Å². The molecule has 0 spiro atoms. The highest BCUT2D eigenvalue weighted by Crippen LogP contribution is 2.21. The van der Waals surface area contributed by atoms with Crippen molar-refractivity contribution in [1.29, 1.82) is 0 Å². The van der Waals surface area contributed by atoms with Crippen LogP contribution in [0.3, 0.4) is 0 Å². The summed E-state index contributed by atoms with van der Waals surface area (Å²) in [7, 11) is 0. The van der Waals surface area contributed by atoms with Crippen LogP contribution in [-0.4, -0.2) is 23.2 Å². The monoisotopic (exact) mass is 313 g/mol. The van der Waals surface area contributed by atoms with Gasteiger partial charge < -0.3 is 10.4 Å². The minimum atomic E-state index is -0.847. The van der Waals surface area contributed by atoms with E-state index in [-0.39, 0.29) is 12.5 Å². The van der Waals surface area contributed by atoms with Crippen molar-refractivity contribution in [3.05, 3.63) is 33.8 Å². The van der Waals surface area contributed by atoms with E-state index in [0.29, 0.717) is 12.0 Å². The Balaban J connectivity index is 2.69. The summed E-state index contributed by atoms with van der Waals surface area (Å²) >= 11 is 3.41. The van der Waals surface area contributed by atoms with Gasteiger partial charge in [-0.1, -0.05) is 25.5 Å². The molecule has 4 heteroatoms. The third-order valence-corrected chi connectivity index (χ3v) is 3.91. The van der Waals surface area contributed by atoms with Crippen LogP contribution in [0.2, 0.25) is 0 Å². The van der Waals surface area contributed by atoms with Crippen molar-refractivity contribution in [2.24, 2.45) is 0 Å². The van der Waals surface area contributed by atoms with E-state index in [4.69, 9.17) is 0 Å². The Kier molecular flexibility index (Phi) is 5.35. The topological polar surface area (TPSA) is 49.3 Å². The largest absolute Gasteiger partial charge is 0.388 e. The summed E-state index contributed by atoms with van der Waals surface area (Å²) < 4.78 is 0.803. The van der Waals surface area contributed by atoms with Crippen LogP contribution in [0.4, 0.5) is 0 Å². The molecule has 1 atom stereocenters. The zero-order valence-corrected chi connectivity index (χ0v) is 12.7. The lowest BCUT2D eigenvalue weighted by molar-refractivity contribution is 0.0469. The van der Waals surface area contributed by atoms with Crippen LogP contribution >= 0.6 is 15.9 Å². The van der Waals surface area contributed by atoms with Gasteiger partial charge in [0.25, 0.3) is 5.91 Å². The Labute approximate surface area is 117 Å². The van der Waals surface area contributed by atoms with Crippen LogP contribution in [0.1, 0.15) is 42.6 Å².